The molecule has 9 heteroatoms. The van der Waals surface area contributed by atoms with Crippen molar-refractivity contribution in [2.24, 2.45) is 0 Å². The standard InChI is InChI=1S/C14H18ClN3O4S/c1-21-4-5-22-9-18-8-16-13-7-12(11(15)6-14(13)18)17-23(19,20)10-2-3-10/h6-8,10,17H,2-5,9H2,1H3. The molecule has 0 atom stereocenters. The van der Waals surface area contributed by atoms with Crippen molar-refractivity contribution < 1.29 is 17.9 Å². The molecular weight excluding hydrogens is 342 g/mol. The summed E-state index contributed by atoms with van der Waals surface area (Å²) in [5.41, 5.74) is 1.79. The summed E-state index contributed by atoms with van der Waals surface area (Å²) >= 11 is 6.22. The van der Waals surface area contributed by atoms with E-state index in [4.69, 9.17) is 21.1 Å². The van der Waals surface area contributed by atoms with Gasteiger partial charge in [0.2, 0.25) is 10.0 Å². The molecule has 1 aliphatic carbocycles. The average molecular weight is 360 g/mol. The molecule has 1 aromatic carbocycles. The first kappa shape index (κ1) is 16.5. The Morgan fingerprint density at radius 3 is 2.87 bits per heavy atom. The van der Waals surface area contributed by atoms with Crippen molar-refractivity contribution >= 4 is 38.3 Å². The summed E-state index contributed by atoms with van der Waals surface area (Å²) < 4.78 is 38.8. The van der Waals surface area contributed by atoms with Gasteiger partial charge in [0.15, 0.2) is 0 Å². The topological polar surface area (TPSA) is 82.4 Å². The molecule has 1 N–H and O–H groups in total. The molecule has 0 aliphatic heterocycles. The highest BCUT2D eigenvalue weighted by Crippen LogP contribution is 2.33. The number of imidazole rings is 1. The Morgan fingerprint density at radius 2 is 2.17 bits per heavy atom. The van der Waals surface area contributed by atoms with Gasteiger partial charge in [0.05, 0.1) is 46.5 Å². The molecule has 1 aromatic heterocycles. The third-order valence-corrected chi connectivity index (χ3v) is 5.75. The van der Waals surface area contributed by atoms with Crippen LogP contribution in [0.15, 0.2) is 18.5 Å². The number of rotatable bonds is 8. The highest BCUT2D eigenvalue weighted by Gasteiger charge is 2.36. The molecule has 1 heterocycles. The number of methoxy groups -OCH3 is 1. The number of anilines is 1. The molecule has 23 heavy (non-hydrogen) atoms. The summed E-state index contributed by atoms with van der Waals surface area (Å²) in [7, 11) is -1.74. The van der Waals surface area contributed by atoms with Gasteiger partial charge < -0.3 is 14.0 Å². The molecule has 0 unspecified atom stereocenters. The number of nitrogens with one attached hydrogen (secondary N) is 1. The van der Waals surface area contributed by atoms with Crippen LogP contribution in [0.2, 0.25) is 5.02 Å². The minimum Gasteiger partial charge on any atom is -0.382 e. The van der Waals surface area contributed by atoms with Gasteiger partial charge in [0, 0.05) is 7.11 Å². The lowest BCUT2D eigenvalue weighted by Crippen LogP contribution is -2.17. The van der Waals surface area contributed by atoms with E-state index in [0.29, 0.717) is 49.0 Å². The van der Waals surface area contributed by atoms with Crippen LogP contribution in [0.25, 0.3) is 11.0 Å². The minimum atomic E-state index is -3.35. The third kappa shape index (κ3) is 3.77. The number of fused-ring (bicyclic) bond motifs is 1. The van der Waals surface area contributed by atoms with Gasteiger partial charge in [-0.15, -0.1) is 0 Å². The second-order valence-electron chi connectivity index (χ2n) is 5.41. The Labute approximate surface area is 139 Å². The molecule has 2 aromatic rings. The highest BCUT2D eigenvalue weighted by molar-refractivity contribution is 7.93. The molecule has 126 valence electrons. The van der Waals surface area contributed by atoms with Gasteiger partial charge in [0.1, 0.15) is 6.73 Å². The maximum atomic E-state index is 12.0. The monoisotopic (exact) mass is 359 g/mol. The number of sulfonamides is 1. The number of hydrogen-bond acceptors (Lipinski definition) is 5. The summed E-state index contributed by atoms with van der Waals surface area (Å²) in [5, 5.41) is 0.0290. The fourth-order valence-electron chi connectivity index (χ4n) is 2.18. The van der Waals surface area contributed by atoms with E-state index in [0.717, 1.165) is 5.52 Å². The van der Waals surface area contributed by atoms with E-state index >= 15 is 0 Å². The second kappa shape index (κ2) is 6.64. The fourth-order valence-corrected chi connectivity index (χ4v) is 3.84. The van der Waals surface area contributed by atoms with Crippen molar-refractivity contribution in [2.45, 2.75) is 24.8 Å². The van der Waals surface area contributed by atoms with Crippen LogP contribution in [-0.4, -0.2) is 43.5 Å². The number of hydrogen-bond donors (Lipinski definition) is 1. The Hall–Kier alpha value is -1.35. The quantitative estimate of drug-likeness (QED) is 0.731. The van der Waals surface area contributed by atoms with Crippen LogP contribution in [0, 0.1) is 0 Å². The van der Waals surface area contributed by atoms with Crippen LogP contribution >= 0.6 is 11.6 Å². The average Bonchev–Trinajstić information content (AvgIpc) is 3.29. The first-order valence-corrected chi connectivity index (χ1v) is 9.16. The Morgan fingerprint density at radius 1 is 1.39 bits per heavy atom. The van der Waals surface area contributed by atoms with E-state index in [1.165, 1.54) is 0 Å². The fraction of sp³-hybridized carbons (Fsp3) is 0.500. The lowest BCUT2D eigenvalue weighted by Gasteiger charge is -2.10. The molecule has 0 saturated heterocycles. The first-order valence-electron chi connectivity index (χ1n) is 7.24. The van der Waals surface area contributed by atoms with Crippen molar-refractivity contribution in [2.75, 3.05) is 25.0 Å². The van der Waals surface area contributed by atoms with Gasteiger partial charge in [-0.1, -0.05) is 11.6 Å². The van der Waals surface area contributed by atoms with Crippen LogP contribution in [0.5, 0.6) is 0 Å². The maximum Gasteiger partial charge on any atom is 0.235 e. The van der Waals surface area contributed by atoms with Crippen LogP contribution in [0.3, 0.4) is 0 Å². The van der Waals surface area contributed by atoms with E-state index < -0.39 is 10.0 Å². The summed E-state index contributed by atoms with van der Waals surface area (Å²) in [6.07, 6.45) is 3.03. The predicted octanol–water partition coefficient (Wildman–Crippen LogP) is 2.21. The van der Waals surface area contributed by atoms with Crippen molar-refractivity contribution in [3.05, 3.63) is 23.5 Å². The molecular formula is C14H18ClN3O4S. The maximum absolute atomic E-state index is 12.0. The van der Waals surface area contributed by atoms with Crippen LogP contribution in [-0.2, 0) is 26.2 Å². The normalized spacial score (nSPS) is 15.2. The van der Waals surface area contributed by atoms with Gasteiger partial charge in [0.25, 0.3) is 0 Å². The van der Waals surface area contributed by atoms with E-state index in [1.807, 2.05) is 0 Å². The van der Waals surface area contributed by atoms with Crippen molar-refractivity contribution in [1.29, 1.82) is 0 Å². The lowest BCUT2D eigenvalue weighted by atomic mass is 10.3. The molecule has 0 bridgehead atoms. The van der Waals surface area contributed by atoms with Gasteiger partial charge in [-0.3, -0.25) is 4.72 Å². The predicted molar refractivity (Wildman–Crippen MR) is 88.1 cm³/mol. The number of nitrogens with zero attached hydrogens (tertiary/aromatic N) is 2. The number of aromatic nitrogens is 2. The molecule has 1 fully saturated rings. The van der Waals surface area contributed by atoms with E-state index in [2.05, 4.69) is 9.71 Å². The molecule has 1 saturated carbocycles. The van der Waals surface area contributed by atoms with E-state index in [-0.39, 0.29) is 5.25 Å². The molecule has 0 radical (unpaired) electrons. The molecule has 1 aliphatic rings. The Bertz CT molecular complexity index is 802. The summed E-state index contributed by atoms with van der Waals surface area (Å²) in [5.74, 6) is 0. The van der Waals surface area contributed by atoms with Crippen molar-refractivity contribution in [3.63, 3.8) is 0 Å². The van der Waals surface area contributed by atoms with E-state index in [9.17, 15) is 8.42 Å². The zero-order valence-corrected chi connectivity index (χ0v) is 14.2. The molecule has 0 spiro atoms. The summed E-state index contributed by atoms with van der Waals surface area (Å²) in [6.45, 7) is 1.31. The van der Waals surface area contributed by atoms with Crippen molar-refractivity contribution in [3.8, 4) is 0 Å². The number of ether oxygens (including phenoxy) is 2. The van der Waals surface area contributed by atoms with Crippen molar-refractivity contribution in [1.82, 2.24) is 9.55 Å². The van der Waals surface area contributed by atoms with Crippen LogP contribution in [0.4, 0.5) is 5.69 Å². The van der Waals surface area contributed by atoms with Crippen LogP contribution < -0.4 is 4.72 Å². The lowest BCUT2D eigenvalue weighted by molar-refractivity contribution is 0.0358. The first-order chi connectivity index (χ1) is 11.0. The molecule has 0 amide bonds. The summed E-state index contributed by atoms with van der Waals surface area (Å²) in [4.78, 5) is 4.27. The SMILES string of the molecule is COCCOCn1cnc2cc(NS(=O)(=O)C3CC3)c(Cl)cc21. The molecule has 7 nitrogen and oxygen atoms in total. The molecule has 3 rings (SSSR count). The minimum absolute atomic E-state index is 0.305. The zero-order valence-electron chi connectivity index (χ0n) is 12.7. The Kier molecular flexibility index (Phi) is 4.77. The van der Waals surface area contributed by atoms with Crippen LogP contribution in [0.1, 0.15) is 12.8 Å². The number of benzene rings is 1. The Balaban J connectivity index is 1.79. The van der Waals surface area contributed by atoms with E-state index in [1.54, 1.807) is 30.1 Å². The summed E-state index contributed by atoms with van der Waals surface area (Å²) in [6, 6.07) is 3.33. The smallest absolute Gasteiger partial charge is 0.235 e. The zero-order chi connectivity index (χ0) is 16.4. The second-order valence-corrected chi connectivity index (χ2v) is 7.78. The van der Waals surface area contributed by atoms with Gasteiger partial charge in [-0.05, 0) is 25.0 Å². The third-order valence-electron chi connectivity index (χ3n) is 3.59. The van der Waals surface area contributed by atoms with Gasteiger partial charge >= 0.3 is 0 Å². The largest absolute Gasteiger partial charge is 0.382 e. The number of halogens is 1. The van der Waals surface area contributed by atoms with Gasteiger partial charge in [-0.2, -0.15) is 0 Å². The van der Waals surface area contributed by atoms with Gasteiger partial charge in [-0.25, -0.2) is 13.4 Å². The highest BCUT2D eigenvalue weighted by atomic mass is 35.5.